The summed E-state index contributed by atoms with van der Waals surface area (Å²) in [5, 5.41) is 0. The molecule has 3 aromatic rings. The number of amides is 2. The van der Waals surface area contributed by atoms with Crippen molar-refractivity contribution in [1.29, 1.82) is 0 Å². The van der Waals surface area contributed by atoms with E-state index in [2.05, 4.69) is 47.0 Å². The van der Waals surface area contributed by atoms with E-state index in [1.807, 2.05) is 33.2 Å². The van der Waals surface area contributed by atoms with Crippen molar-refractivity contribution >= 4 is 12.0 Å². The van der Waals surface area contributed by atoms with Gasteiger partial charge in [0, 0.05) is 24.6 Å². The highest BCUT2D eigenvalue weighted by molar-refractivity contribution is 5.94. The molecule has 0 bridgehead atoms. The number of aromatic nitrogens is 2. The number of imide groups is 1. The lowest BCUT2D eigenvalue weighted by molar-refractivity contribution is -0.137. The molecule has 34 heavy (non-hydrogen) atoms. The first kappa shape index (κ1) is 22.4. The van der Waals surface area contributed by atoms with Gasteiger partial charge in [0.2, 0.25) is 5.91 Å². The zero-order chi connectivity index (χ0) is 23.9. The molecule has 6 heteroatoms. The van der Waals surface area contributed by atoms with Gasteiger partial charge >= 0.3 is 6.09 Å². The first-order valence-electron chi connectivity index (χ1n) is 12.1. The maximum Gasteiger partial charge on any atom is 0.417 e. The van der Waals surface area contributed by atoms with Crippen LogP contribution in [0.3, 0.4) is 0 Å². The Hall–Kier alpha value is -3.41. The summed E-state index contributed by atoms with van der Waals surface area (Å²) >= 11 is 0. The van der Waals surface area contributed by atoms with E-state index in [1.165, 1.54) is 27.3 Å². The molecule has 1 atom stereocenters. The van der Waals surface area contributed by atoms with Gasteiger partial charge < -0.3 is 9.30 Å². The Balaban J connectivity index is 1.35. The van der Waals surface area contributed by atoms with Crippen molar-refractivity contribution in [2.24, 2.45) is 5.92 Å². The summed E-state index contributed by atoms with van der Waals surface area (Å²) in [7, 11) is 0. The average Bonchev–Trinajstić information content (AvgIpc) is 3.22. The average molecular weight is 458 g/mol. The third kappa shape index (κ3) is 4.37. The molecular weight excluding hydrogens is 426 g/mol. The number of likely N-dealkylation sites (tertiary alicyclic amines) is 1. The molecule has 6 nitrogen and oxygen atoms in total. The van der Waals surface area contributed by atoms with Crippen molar-refractivity contribution in [2.75, 3.05) is 6.54 Å². The highest BCUT2D eigenvalue weighted by Crippen LogP contribution is 2.32. The minimum Gasteiger partial charge on any atom is -0.443 e. The van der Waals surface area contributed by atoms with Crippen molar-refractivity contribution in [3.8, 4) is 16.8 Å². The van der Waals surface area contributed by atoms with Gasteiger partial charge in [-0.15, -0.1) is 0 Å². The quantitative estimate of drug-likeness (QED) is 0.532. The second-order valence-electron chi connectivity index (χ2n) is 10.2. The SMILES string of the molecule is CC(C)(C)OC(=O)N1CCCC(Cc2ncn3c2CCc2cc(-c4ccccc4)ccc2-3)C1=O. The van der Waals surface area contributed by atoms with Crippen molar-refractivity contribution < 1.29 is 14.3 Å². The number of fused-ring (bicyclic) bond motifs is 3. The van der Waals surface area contributed by atoms with Crippen LogP contribution >= 0.6 is 0 Å². The van der Waals surface area contributed by atoms with Crippen molar-refractivity contribution in [3.63, 3.8) is 0 Å². The summed E-state index contributed by atoms with van der Waals surface area (Å²) in [5.74, 6) is -0.395. The van der Waals surface area contributed by atoms with E-state index in [4.69, 9.17) is 9.72 Å². The largest absolute Gasteiger partial charge is 0.443 e. The molecule has 176 valence electrons. The van der Waals surface area contributed by atoms with Crippen LogP contribution in [0.4, 0.5) is 4.79 Å². The molecule has 1 fully saturated rings. The van der Waals surface area contributed by atoms with E-state index in [0.29, 0.717) is 13.0 Å². The number of aryl methyl sites for hydroxylation is 1. The minimum atomic E-state index is -0.624. The molecule has 0 N–H and O–H groups in total. The number of ether oxygens (including phenoxy) is 1. The molecule has 2 aliphatic rings. The van der Waals surface area contributed by atoms with Crippen LogP contribution in [0.2, 0.25) is 0 Å². The van der Waals surface area contributed by atoms with Crippen LogP contribution < -0.4 is 0 Å². The second kappa shape index (κ2) is 8.75. The summed E-state index contributed by atoms with van der Waals surface area (Å²) in [6.45, 7) is 5.86. The lowest BCUT2D eigenvalue weighted by Crippen LogP contribution is -2.47. The molecule has 2 aliphatic heterocycles. The fraction of sp³-hybridized carbons (Fsp3) is 0.393. The predicted octanol–water partition coefficient (Wildman–Crippen LogP) is 5.35. The van der Waals surface area contributed by atoms with E-state index >= 15 is 0 Å². The normalized spacial score (nSPS) is 17.8. The molecule has 1 saturated heterocycles. The highest BCUT2D eigenvalue weighted by Gasteiger charge is 2.36. The van der Waals surface area contributed by atoms with Crippen LogP contribution in [-0.4, -0.2) is 38.6 Å². The van der Waals surface area contributed by atoms with Crippen LogP contribution in [0, 0.1) is 5.92 Å². The first-order valence-corrected chi connectivity index (χ1v) is 12.1. The zero-order valence-corrected chi connectivity index (χ0v) is 20.1. The van der Waals surface area contributed by atoms with Gasteiger partial charge in [-0.2, -0.15) is 0 Å². The predicted molar refractivity (Wildman–Crippen MR) is 131 cm³/mol. The Morgan fingerprint density at radius 3 is 2.65 bits per heavy atom. The molecule has 0 radical (unpaired) electrons. The Kier molecular flexibility index (Phi) is 5.76. The maximum atomic E-state index is 13.1. The van der Waals surface area contributed by atoms with E-state index in [0.717, 1.165) is 37.1 Å². The van der Waals surface area contributed by atoms with Crippen LogP contribution in [0.5, 0.6) is 0 Å². The molecule has 0 saturated carbocycles. The van der Waals surface area contributed by atoms with Gasteiger partial charge in [0.1, 0.15) is 5.60 Å². The summed E-state index contributed by atoms with van der Waals surface area (Å²) in [6, 6.07) is 17.0. The fourth-order valence-corrected chi connectivity index (χ4v) is 5.01. The summed E-state index contributed by atoms with van der Waals surface area (Å²) < 4.78 is 7.62. The minimum absolute atomic E-state index is 0.147. The standard InChI is InChI=1S/C28H31N3O3/c1-28(2,3)34-27(33)30-15-7-10-22(26(30)32)17-23-25-14-12-21-16-20(19-8-5-4-6-9-19)11-13-24(21)31(25)18-29-23/h4-6,8-9,11,13,16,18,22H,7,10,12,14-15,17H2,1-3H3. The Morgan fingerprint density at radius 1 is 1.09 bits per heavy atom. The molecule has 3 heterocycles. The second-order valence-corrected chi connectivity index (χ2v) is 10.2. The van der Waals surface area contributed by atoms with Gasteiger partial charge in [-0.25, -0.2) is 14.7 Å². The van der Waals surface area contributed by atoms with Crippen LogP contribution in [0.25, 0.3) is 16.8 Å². The smallest absolute Gasteiger partial charge is 0.417 e. The molecule has 5 rings (SSSR count). The van der Waals surface area contributed by atoms with E-state index < -0.39 is 11.7 Å². The number of benzene rings is 2. The van der Waals surface area contributed by atoms with Crippen LogP contribution in [0.1, 0.15) is 50.6 Å². The number of hydrogen-bond acceptors (Lipinski definition) is 4. The van der Waals surface area contributed by atoms with Crippen molar-refractivity contribution in [1.82, 2.24) is 14.5 Å². The summed E-state index contributed by atoms with van der Waals surface area (Å²) in [4.78, 5) is 31.6. The van der Waals surface area contributed by atoms with Crippen LogP contribution in [-0.2, 0) is 28.8 Å². The van der Waals surface area contributed by atoms with Gasteiger partial charge in [0.25, 0.3) is 0 Å². The Labute approximate surface area is 200 Å². The highest BCUT2D eigenvalue weighted by atomic mass is 16.6. The Bertz CT molecular complexity index is 1220. The summed E-state index contributed by atoms with van der Waals surface area (Å²) in [5.41, 5.74) is 6.41. The van der Waals surface area contributed by atoms with Crippen LogP contribution in [0.15, 0.2) is 54.9 Å². The number of nitrogens with zero attached hydrogens (tertiary/aromatic N) is 3. The zero-order valence-electron chi connectivity index (χ0n) is 20.1. The van der Waals surface area contributed by atoms with Crippen molar-refractivity contribution in [2.45, 2.75) is 58.5 Å². The van der Waals surface area contributed by atoms with Crippen molar-refractivity contribution in [3.05, 3.63) is 71.8 Å². The lowest BCUT2D eigenvalue weighted by Gasteiger charge is -2.32. The molecule has 1 aromatic heterocycles. The van der Waals surface area contributed by atoms with Gasteiger partial charge in [-0.05, 0) is 75.3 Å². The number of piperidine rings is 1. The number of carbonyl (C=O) groups is 2. The lowest BCUT2D eigenvalue weighted by atomic mass is 9.90. The first-order chi connectivity index (χ1) is 16.3. The number of carbonyl (C=O) groups excluding carboxylic acids is 2. The number of hydrogen-bond donors (Lipinski definition) is 0. The third-order valence-corrected chi connectivity index (χ3v) is 6.63. The summed E-state index contributed by atoms with van der Waals surface area (Å²) in [6.07, 6.45) is 5.27. The van der Waals surface area contributed by atoms with Gasteiger partial charge in [-0.1, -0.05) is 36.4 Å². The Morgan fingerprint density at radius 2 is 1.88 bits per heavy atom. The molecule has 1 unspecified atom stereocenters. The maximum absolute atomic E-state index is 13.1. The molecule has 0 spiro atoms. The number of rotatable bonds is 3. The van der Waals surface area contributed by atoms with Gasteiger partial charge in [-0.3, -0.25) is 4.79 Å². The molecule has 2 aromatic carbocycles. The third-order valence-electron chi connectivity index (χ3n) is 6.63. The molecule has 2 amide bonds. The molecular formula is C28H31N3O3. The topological polar surface area (TPSA) is 64.4 Å². The van der Waals surface area contributed by atoms with Gasteiger partial charge in [0.05, 0.1) is 17.7 Å². The fourth-order valence-electron chi connectivity index (χ4n) is 5.01. The van der Waals surface area contributed by atoms with Gasteiger partial charge in [0.15, 0.2) is 0 Å². The van der Waals surface area contributed by atoms with E-state index in [-0.39, 0.29) is 11.8 Å². The van der Waals surface area contributed by atoms with E-state index in [1.54, 1.807) is 0 Å². The number of imidazole rings is 1. The van der Waals surface area contributed by atoms with E-state index in [9.17, 15) is 9.59 Å². The molecule has 0 aliphatic carbocycles. The monoisotopic (exact) mass is 457 g/mol.